The molecule has 25 heavy (non-hydrogen) atoms. The summed E-state index contributed by atoms with van der Waals surface area (Å²) in [6.07, 6.45) is 2.28. The van der Waals surface area contributed by atoms with E-state index in [1.54, 1.807) is 17.0 Å². The van der Waals surface area contributed by atoms with Crippen molar-refractivity contribution in [1.29, 1.82) is 0 Å². The van der Waals surface area contributed by atoms with E-state index in [4.69, 9.17) is 0 Å². The topological polar surface area (TPSA) is 49.4 Å². The largest absolute Gasteiger partial charge is 0.326 e. The Bertz CT molecular complexity index is 801. The van der Waals surface area contributed by atoms with Crippen molar-refractivity contribution in [2.45, 2.75) is 25.2 Å². The van der Waals surface area contributed by atoms with Crippen LogP contribution in [-0.4, -0.2) is 18.4 Å². The number of hydrogen-bond donors (Lipinski definition) is 1. The Labute approximate surface area is 145 Å². The fourth-order valence-electron chi connectivity index (χ4n) is 3.44. The summed E-state index contributed by atoms with van der Waals surface area (Å²) in [5.41, 5.74) is 2.60. The van der Waals surface area contributed by atoms with Crippen LogP contribution in [-0.2, 0) is 9.59 Å². The first kappa shape index (κ1) is 15.8. The van der Waals surface area contributed by atoms with Crippen molar-refractivity contribution in [3.05, 3.63) is 59.9 Å². The van der Waals surface area contributed by atoms with Crippen molar-refractivity contribution in [2.24, 2.45) is 5.92 Å². The van der Waals surface area contributed by atoms with E-state index >= 15 is 0 Å². The van der Waals surface area contributed by atoms with E-state index in [0.29, 0.717) is 6.42 Å². The van der Waals surface area contributed by atoms with Gasteiger partial charge in [-0.05, 0) is 60.7 Å². The molecule has 1 heterocycles. The van der Waals surface area contributed by atoms with E-state index in [0.717, 1.165) is 36.3 Å². The molecule has 0 radical (unpaired) electrons. The van der Waals surface area contributed by atoms with Crippen LogP contribution in [0.5, 0.6) is 0 Å². The van der Waals surface area contributed by atoms with Gasteiger partial charge in [0, 0.05) is 30.3 Å². The molecular formula is C20H19FN2O2. The van der Waals surface area contributed by atoms with Gasteiger partial charge in [0.05, 0.1) is 0 Å². The summed E-state index contributed by atoms with van der Waals surface area (Å²) in [5, 5.41) is 2.93. The summed E-state index contributed by atoms with van der Waals surface area (Å²) in [6, 6.07) is 13.7. The Balaban J connectivity index is 1.37. The van der Waals surface area contributed by atoms with E-state index < -0.39 is 0 Å². The molecule has 1 aliphatic carbocycles. The van der Waals surface area contributed by atoms with Crippen LogP contribution in [0.4, 0.5) is 15.8 Å². The van der Waals surface area contributed by atoms with Crippen LogP contribution >= 0.6 is 0 Å². The average molecular weight is 338 g/mol. The highest BCUT2D eigenvalue weighted by Gasteiger charge is 2.43. The zero-order valence-corrected chi connectivity index (χ0v) is 13.7. The van der Waals surface area contributed by atoms with Crippen molar-refractivity contribution < 1.29 is 14.0 Å². The van der Waals surface area contributed by atoms with Gasteiger partial charge in [-0.2, -0.15) is 0 Å². The lowest BCUT2D eigenvalue weighted by atomic mass is 10.1. The SMILES string of the molecule is O=C(Nc1ccc(N2CCCC2=O)cc1)C1CC1c1ccc(F)cc1. The van der Waals surface area contributed by atoms with Gasteiger partial charge in [0.15, 0.2) is 0 Å². The molecule has 2 aliphatic rings. The van der Waals surface area contributed by atoms with Crippen LogP contribution in [0.3, 0.4) is 0 Å². The highest BCUT2D eigenvalue weighted by atomic mass is 19.1. The van der Waals surface area contributed by atoms with Crippen molar-refractivity contribution in [2.75, 3.05) is 16.8 Å². The summed E-state index contributed by atoms with van der Waals surface area (Å²) in [6.45, 7) is 0.756. The second-order valence-electron chi connectivity index (χ2n) is 6.69. The molecule has 1 N–H and O–H groups in total. The Morgan fingerprint density at radius 3 is 2.44 bits per heavy atom. The number of nitrogens with zero attached hydrogens (tertiary/aromatic N) is 1. The Morgan fingerprint density at radius 1 is 1.08 bits per heavy atom. The molecule has 2 aromatic rings. The van der Waals surface area contributed by atoms with Crippen LogP contribution in [0.2, 0.25) is 0 Å². The highest BCUT2D eigenvalue weighted by molar-refractivity contribution is 5.97. The number of benzene rings is 2. The predicted molar refractivity (Wildman–Crippen MR) is 93.9 cm³/mol. The molecule has 2 aromatic carbocycles. The van der Waals surface area contributed by atoms with E-state index in [2.05, 4.69) is 5.32 Å². The maximum Gasteiger partial charge on any atom is 0.228 e. The van der Waals surface area contributed by atoms with Crippen LogP contribution in [0.1, 0.15) is 30.7 Å². The molecule has 0 spiro atoms. The Morgan fingerprint density at radius 2 is 1.80 bits per heavy atom. The van der Waals surface area contributed by atoms with Gasteiger partial charge in [-0.25, -0.2) is 4.39 Å². The standard InChI is InChI=1S/C20H19FN2O2/c21-14-5-3-13(4-6-14)17-12-18(17)20(25)22-15-7-9-16(10-8-15)23-11-1-2-19(23)24/h3-10,17-18H,1-2,11-12H2,(H,22,25). The predicted octanol–water partition coefficient (Wildman–Crippen LogP) is 3.69. The molecule has 4 nitrogen and oxygen atoms in total. The summed E-state index contributed by atoms with van der Waals surface area (Å²) in [5.74, 6) is -0.0226. The second kappa shape index (κ2) is 6.31. The number of rotatable bonds is 4. The van der Waals surface area contributed by atoms with Crippen molar-refractivity contribution >= 4 is 23.2 Å². The van der Waals surface area contributed by atoms with Gasteiger partial charge < -0.3 is 10.2 Å². The minimum atomic E-state index is -0.262. The molecule has 2 atom stereocenters. The molecule has 0 bridgehead atoms. The highest BCUT2D eigenvalue weighted by Crippen LogP contribution is 2.48. The van der Waals surface area contributed by atoms with E-state index in [1.807, 2.05) is 24.3 Å². The molecule has 5 heteroatoms. The zero-order valence-electron chi connectivity index (χ0n) is 13.7. The molecule has 1 saturated carbocycles. The van der Waals surface area contributed by atoms with Crippen LogP contribution in [0.15, 0.2) is 48.5 Å². The number of hydrogen-bond acceptors (Lipinski definition) is 2. The normalized spacial score (nSPS) is 22.1. The van der Waals surface area contributed by atoms with Gasteiger partial charge in [-0.3, -0.25) is 9.59 Å². The lowest BCUT2D eigenvalue weighted by molar-refractivity contribution is -0.118. The van der Waals surface area contributed by atoms with Gasteiger partial charge in [0.1, 0.15) is 5.82 Å². The Kier molecular flexibility index (Phi) is 3.99. The van der Waals surface area contributed by atoms with Crippen LogP contribution in [0.25, 0.3) is 0 Å². The molecule has 128 valence electrons. The van der Waals surface area contributed by atoms with Crippen molar-refractivity contribution in [3.63, 3.8) is 0 Å². The van der Waals surface area contributed by atoms with Gasteiger partial charge in [0.25, 0.3) is 0 Å². The van der Waals surface area contributed by atoms with Crippen molar-refractivity contribution in [1.82, 2.24) is 0 Å². The average Bonchev–Trinajstić information content (AvgIpc) is 3.31. The summed E-state index contributed by atoms with van der Waals surface area (Å²) >= 11 is 0. The number of nitrogens with one attached hydrogen (secondary N) is 1. The molecule has 2 fully saturated rings. The number of amides is 2. The van der Waals surface area contributed by atoms with Crippen LogP contribution in [0, 0.1) is 11.7 Å². The molecule has 4 rings (SSSR count). The van der Waals surface area contributed by atoms with Crippen molar-refractivity contribution in [3.8, 4) is 0 Å². The maximum absolute atomic E-state index is 13.0. The summed E-state index contributed by atoms with van der Waals surface area (Å²) < 4.78 is 13.0. The second-order valence-corrected chi connectivity index (χ2v) is 6.69. The number of halogens is 1. The number of carbonyl (C=O) groups is 2. The first-order valence-corrected chi connectivity index (χ1v) is 8.58. The summed E-state index contributed by atoms with van der Waals surface area (Å²) in [7, 11) is 0. The quantitative estimate of drug-likeness (QED) is 0.924. The third kappa shape index (κ3) is 3.27. The maximum atomic E-state index is 13.0. The first-order valence-electron chi connectivity index (χ1n) is 8.58. The van der Waals surface area contributed by atoms with Gasteiger partial charge in [0.2, 0.25) is 11.8 Å². The minimum absolute atomic E-state index is 0.0145. The molecule has 2 unspecified atom stereocenters. The van der Waals surface area contributed by atoms with Crippen LogP contribution < -0.4 is 10.2 Å². The molecule has 1 aliphatic heterocycles. The molecule has 1 saturated heterocycles. The molecule has 2 amide bonds. The first-order chi connectivity index (χ1) is 12.1. The van der Waals surface area contributed by atoms with Gasteiger partial charge in [-0.1, -0.05) is 12.1 Å². The lowest BCUT2D eigenvalue weighted by Gasteiger charge is -2.16. The van der Waals surface area contributed by atoms with Gasteiger partial charge >= 0.3 is 0 Å². The monoisotopic (exact) mass is 338 g/mol. The number of carbonyl (C=O) groups excluding carboxylic acids is 2. The third-order valence-corrected chi connectivity index (χ3v) is 4.95. The van der Waals surface area contributed by atoms with E-state index in [9.17, 15) is 14.0 Å². The number of anilines is 2. The van der Waals surface area contributed by atoms with E-state index in [-0.39, 0.29) is 29.5 Å². The fraction of sp³-hybridized carbons (Fsp3) is 0.300. The Hall–Kier alpha value is -2.69. The third-order valence-electron chi connectivity index (χ3n) is 4.95. The van der Waals surface area contributed by atoms with E-state index in [1.165, 1.54) is 12.1 Å². The summed E-state index contributed by atoms with van der Waals surface area (Å²) in [4.78, 5) is 25.9. The smallest absolute Gasteiger partial charge is 0.228 e. The van der Waals surface area contributed by atoms with Gasteiger partial charge in [-0.15, -0.1) is 0 Å². The molecule has 0 aromatic heterocycles. The minimum Gasteiger partial charge on any atom is -0.326 e. The lowest BCUT2D eigenvalue weighted by Crippen LogP contribution is -2.23. The zero-order chi connectivity index (χ0) is 17.4. The molecular weight excluding hydrogens is 319 g/mol. The fourth-order valence-corrected chi connectivity index (χ4v) is 3.44.